The summed E-state index contributed by atoms with van der Waals surface area (Å²) in [6.07, 6.45) is 1.47. The minimum Gasteiger partial charge on any atom is -0.493 e. The van der Waals surface area contributed by atoms with Gasteiger partial charge in [-0.25, -0.2) is 0 Å². The molecule has 4 rings (SSSR count). The van der Waals surface area contributed by atoms with Crippen molar-refractivity contribution in [2.75, 3.05) is 12.4 Å². The highest BCUT2D eigenvalue weighted by molar-refractivity contribution is 9.10. The summed E-state index contributed by atoms with van der Waals surface area (Å²) in [4.78, 5) is 12.9. The first-order valence-corrected chi connectivity index (χ1v) is 14.0. The molecule has 0 fully saturated rings. The number of carbonyl (C=O) groups is 1. The van der Waals surface area contributed by atoms with Crippen molar-refractivity contribution in [1.82, 2.24) is 0 Å². The monoisotopic (exact) mass is 670 g/mol. The summed E-state index contributed by atoms with van der Waals surface area (Å²) in [6, 6.07) is 24.7. The number of halogens is 4. The Kier molecular flexibility index (Phi) is 10.6. The summed E-state index contributed by atoms with van der Waals surface area (Å²) in [5, 5.41) is 14.1. The average Bonchev–Trinajstić information content (AvgIpc) is 2.95. The van der Waals surface area contributed by atoms with Gasteiger partial charge in [-0.1, -0.05) is 53.0 Å². The van der Waals surface area contributed by atoms with Crippen LogP contribution in [0, 0.1) is 11.3 Å². The summed E-state index contributed by atoms with van der Waals surface area (Å²) >= 11 is 21.7. The minimum atomic E-state index is -0.564. The van der Waals surface area contributed by atoms with Crippen molar-refractivity contribution < 1.29 is 19.0 Å². The van der Waals surface area contributed by atoms with Gasteiger partial charge in [-0.3, -0.25) is 4.79 Å². The number of nitrogens with zero attached hydrogens (tertiary/aromatic N) is 1. The molecule has 0 aliphatic heterocycles. The molecule has 0 saturated carbocycles. The first kappa shape index (κ1) is 30.3. The molecule has 1 N–H and O–H groups in total. The number of carbonyl (C=O) groups excluding carboxylic acids is 1. The third kappa shape index (κ3) is 8.42. The number of methoxy groups -OCH3 is 1. The van der Waals surface area contributed by atoms with Gasteiger partial charge in [0.05, 0.1) is 11.6 Å². The third-order valence-corrected chi connectivity index (χ3v) is 7.13. The summed E-state index contributed by atoms with van der Waals surface area (Å²) in [5.41, 5.74) is 2.66. The summed E-state index contributed by atoms with van der Waals surface area (Å²) in [6.45, 7) is 0.530. The van der Waals surface area contributed by atoms with Gasteiger partial charge in [0.25, 0.3) is 5.91 Å². The smallest absolute Gasteiger partial charge is 0.266 e. The van der Waals surface area contributed by atoms with Crippen molar-refractivity contribution in [2.45, 2.75) is 13.2 Å². The molecule has 0 saturated heterocycles. The lowest BCUT2D eigenvalue weighted by molar-refractivity contribution is -0.112. The third-order valence-electron chi connectivity index (χ3n) is 5.72. The molecule has 0 aliphatic carbocycles. The highest BCUT2D eigenvalue weighted by Crippen LogP contribution is 2.38. The Morgan fingerprint density at radius 2 is 1.71 bits per heavy atom. The SMILES string of the molecule is COc1cc(/C=C(\C#N)C(=O)Nc2ccc(OCc3ccc(Cl)cc3Cl)cc2)cc(Br)c1OCc1cccc(Cl)c1. The van der Waals surface area contributed by atoms with E-state index in [1.165, 1.54) is 13.2 Å². The Morgan fingerprint density at radius 1 is 0.951 bits per heavy atom. The Bertz CT molecular complexity index is 1640. The Labute approximate surface area is 261 Å². The molecule has 0 spiro atoms. The molecule has 41 heavy (non-hydrogen) atoms. The second kappa shape index (κ2) is 14.3. The lowest BCUT2D eigenvalue weighted by Gasteiger charge is -2.14. The van der Waals surface area contributed by atoms with Gasteiger partial charge in [0.1, 0.15) is 30.6 Å². The average molecular weight is 673 g/mol. The van der Waals surface area contributed by atoms with Crippen LogP contribution in [0.25, 0.3) is 6.08 Å². The predicted molar refractivity (Wildman–Crippen MR) is 166 cm³/mol. The van der Waals surface area contributed by atoms with Crippen LogP contribution in [0.5, 0.6) is 17.2 Å². The molecule has 6 nitrogen and oxygen atoms in total. The van der Waals surface area contributed by atoms with Crippen molar-refractivity contribution >= 4 is 68.4 Å². The van der Waals surface area contributed by atoms with E-state index < -0.39 is 5.91 Å². The van der Waals surface area contributed by atoms with Crippen LogP contribution in [0.1, 0.15) is 16.7 Å². The van der Waals surface area contributed by atoms with E-state index in [-0.39, 0.29) is 18.8 Å². The van der Waals surface area contributed by atoms with E-state index in [4.69, 9.17) is 49.0 Å². The Hall–Kier alpha value is -3.67. The first-order valence-electron chi connectivity index (χ1n) is 12.1. The maximum absolute atomic E-state index is 12.9. The van der Waals surface area contributed by atoms with Gasteiger partial charge >= 0.3 is 0 Å². The lowest BCUT2D eigenvalue weighted by Crippen LogP contribution is -2.13. The minimum absolute atomic E-state index is 0.0933. The van der Waals surface area contributed by atoms with Crippen LogP contribution in [0.3, 0.4) is 0 Å². The van der Waals surface area contributed by atoms with Crippen LogP contribution in [-0.4, -0.2) is 13.0 Å². The van der Waals surface area contributed by atoms with Gasteiger partial charge in [0.15, 0.2) is 11.5 Å². The zero-order valence-electron chi connectivity index (χ0n) is 21.6. The normalized spacial score (nSPS) is 11.0. The van der Waals surface area contributed by atoms with Gasteiger partial charge in [-0.05, 0) is 93.8 Å². The number of amides is 1. The number of hydrogen-bond acceptors (Lipinski definition) is 5. The predicted octanol–water partition coefficient (Wildman–Crippen LogP) is 9.12. The summed E-state index contributed by atoms with van der Waals surface area (Å²) < 4.78 is 17.8. The van der Waals surface area contributed by atoms with Crippen molar-refractivity contribution in [3.05, 3.63) is 121 Å². The van der Waals surface area contributed by atoms with E-state index in [9.17, 15) is 10.1 Å². The fourth-order valence-corrected chi connectivity index (χ4v) is 4.94. The van der Waals surface area contributed by atoms with E-state index >= 15 is 0 Å². The molecule has 0 bridgehead atoms. The molecule has 4 aromatic carbocycles. The van der Waals surface area contributed by atoms with Gasteiger partial charge in [-0.15, -0.1) is 0 Å². The fraction of sp³-hybridized carbons (Fsp3) is 0.0968. The number of hydrogen-bond donors (Lipinski definition) is 1. The van der Waals surface area contributed by atoms with Crippen LogP contribution < -0.4 is 19.5 Å². The van der Waals surface area contributed by atoms with E-state index in [0.717, 1.165) is 11.1 Å². The van der Waals surface area contributed by atoms with Crippen LogP contribution in [0.15, 0.2) is 88.9 Å². The maximum atomic E-state index is 12.9. The molecule has 1 amide bonds. The number of nitrogens with one attached hydrogen (secondary N) is 1. The number of anilines is 1. The zero-order chi connectivity index (χ0) is 29.4. The van der Waals surface area contributed by atoms with Crippen LogP contribution >= 0.6 is 50.7 Å². The van der Waals surface area contributed by atoms with Gasteiger partial charge < -0.3 is 19.5 Å². The van der Waals surface area contributed by atoms with E-state index in [0.29, 0.717) is 48.0 Å². The van der Waals surface area contributed by atoms with Crippen molar-refractivity contribution in [2.24, 2.45) is 0 Å². The van der Waals surface area contributed by atoms with E-state index in [2.05, 4.69) is 21.2 Å². The van der Waals surface area contributed by atoms with E-state index in [1.807, 2.05) is 24.3 Å². The largest absolute Gasteiger partial charge is 0.493 e. The van der Waals surface area contributed by atoms with Gasteiger partial charge in [-0.2, -0.15) is 5.26 Å². The standard InChI is InChI=1S/C31H22BrCl3N2O4/c1-39-29-14-20(13-27(32)30(29)41-17-19-3-2-4-23(33)12-19)11-22(16-36)31(38)37-25-7-9-26(10-8-25)40-18-21-5-6-24(34)15-28(21)35/h2-15H,17-18H2,1H3,(H,37,38)/b22-11+. The second-order valence-corrected chi connectivity index (χ2v) is 10.8. The molecule has 0 atom stereocenters. The highest BCUT2D eigenvalue weighted by atomic mass is 79.9. The maximum Gasteiger partial charge on any atom is 0.266 e. The molecule has 4 aromatic rings. The summed E-state index contributed by atoms with van der Waals surface area (Å²) in [5.74, 6) is 0.930. The molecule has 0 unspecified atom stereocenters. The zero-order valence-corrected chi connectivity index (χ0v) is 25.4. The molecular formula is C31H22BrCl3N2O4. The van der Waals surface area contributed by atoms with Crippen LogP contribution in [0.2, 0.25) is 15.1 Å². The number of benzene rings is 4. The van der Waals surface area contributed by atoms with Crippen LogP contribution in [-0.2, 0) is 18.0 Å². The molecule has 0 radical (unpaired) electrons. The fourth-order valence-electron chi connectivity index (χ4n) is 3.69. The van der Waals surface area contributed by atoms with Crippen molar-refractivity contribution in [1.29, 1.82) is 5.26 Å². The summed E-state index contributed by atoms with van der Waals surface area (Å²) in [7, 11) is 1.51. The van der Waals surface area contributed by atoms with Gasteiger partial charge in [0.2, 0.25) is 0 Å². The number of ether oxygens (including phenoxy) is 3. The Balaban J connectivity index is 1.42. The van der Waals surface area contributed by atoms with E-state index in [1.54, 1.807) is 60.7 Å². The number of rotatable bonds is 10. The van der Waals surface area contributed by atoms with Gasteiger partial charge in [0, 0.05) is 26.3 Å². The van der Waals surface area contributed by atoms with Crippen molar-refractivity contribution in [3.63, 3.8) is 0 Å². The molecule has 0 aliphatic rings. The first-order chi connectivity index (χ1) is 19.7. The molecule has 10 heteroatoms. The van der Waals surface area contributed by atoms with Crippen LogP contribution in [0.4, 0.5) is 5.69 Å². The quantitative estimate of drug-likeness (QED) is 0.134. The van der Waals surface area contributed by atoms with Crippen molar-refractivity contribution in [3.8, 4) is 23.3 Å². The number of nitriles is 1. The topological polar surface area (TPSA) is 80.6 Å². The lowest BCUT2D eigenvalue weighted by atomic mass is 10.1. The molecule has 0 heterocycles. The highest BCUT2D eigenvalue weighted by Gasteiger charge is 2.15. The molecule has 0 aromatic heterocycles. The second-order valence-electron chi connectivity index (χ2n) is 8.63. The Morgan fingerprint density at radius 3 is 2.39 bits per heavy atom. The molecular weight excluding hydrogens is 651 g/mol. The molecule has 208 valence electrons.